The minimum atomic E-state index is 0.0150. The largest absolute Gasteiger partial charge is 0.324 e. The number of hydrogen-bond acceptors (Lipinski definition) is 3. The number of nitrogens with one attached hydrogen (secondary N) is 1. The molecular formula is C17H18ClNOS2. The Bertz CT molecular complexity index is 634. The lowest BCUT2D eigenvalue weighted by atomic mass is 10.2. The second-order valence-corrected chi connectivity index (χ2v) is 7.26. The van der Waals surface area contributed by atoms with Crippen molar-refractivity contribution in [2.45, 2.75) is 17.6 Å². The fourth-order valence-electron chi connectivity index (χ4n) is 1.91. The van der Waals surface area contributed by atoms with Crippen molar-refractivity contribution in [3.8, 4) is 0 Å². The lowest BCUT2D eigenvalue weighted by Crippen LogP contribution is -2.14. The molecule has 0 aliphatic heterocycles. The lowest BCUT2D eigenvalue weighted by molar-refractivity contribution is -0.113. The quantitative estimate of drug-likeness (QED) is 0.684. The molecule has 0 radical (unpaired) electrons. The van der Waals surface area contributed by atoms with Crippen LogP contribution in [0.1, 0.15) is 12.5 Å². The van der Waals surface area contributed by atoms with Crippen LogP contribution in [0.4, 0.5) is 5.69 Å². The summed E-state index contributed by atoms with van der Waals surface area (Å²) in [7, 11) is 0. The van der Waals surface area contributed by atoms with Crippen LogP contribution in [0.2, 0.25) is 5.02 Å². The van der Waals surface area contributed by atoms with Gasteiger partial charge < -0.3 is 5.32 Å². The van der Waals surface area contributed by atoms with Gasteiger partial charge in [-0.1, -0.05) is 48.9 Å². The summed E-state index contributed by atoms with van der Waals surface area (Å²) < 4.78 is 0. The van der Waals surface area contributed by atoms with Crippen LogP contribution in [0.5, 0.6) is 0 Å². The number of benzene rings is 2. The maximum atomic E-state index is 12.1. The highest BCUT2D eigenvalue weighted by Crippen LogP contribution is 2.27. The Kier molecular flexibility index (Phi) is 7.16. The predicted molar refractivity (Wildman–Crippen MR) is 99.1 cm³/mol. The standard InChI is InChI=1S/C17H18ClNOS2/c1-2-22-16-10-6-5-9-15(16)19-17(20)12-21-11-13-7-3-4-8-14(13)18/h3-10H,2,11-12H2,1H3,(H,19,20). The Morgan fingerprint density at radius 1 is 1.14 bits per heavy atom. The minimum Gasteiger partial charge on any atom is -0.324 e. The molecule has 0 heterocycles. The first-order valence-corrected chi connectivity index (χ1v) is 9.55. The van der Waals surface area contributed by atoms with E-state index in [1.807, 2.05) is 48.5 Å². The molecule has 0 saturated heterocycles. The molecule has 2 nitrogen and oxygen atoms in total. The van der Waals surface area contributed by atoms with Crippen molar-refractivity contribution in [3.63, 3.8) is 0 Å². The third kappa shape index (κ3) is 5.27. The number of amides is 1. The van der Waals surface area contributed by atoms with E-state index in [0.29, 0.717) is 5.75 Å². The molecule has 22 heavy (non-hydrogen) atoms. The highest BCUT2D eigenvalue weighted by molar-refractivity contribution is 7.99. The molecule has 0 aliphatic rings. The van der Waals surface area contributed by atoms with Gasteiger partial charge >= 0.3 is 0 Å². The number of carbonyl (C=O) groups is 1. The number of hydrogen-bond donors (Lipinski definition) is 1. The molecule has 0 atom stereocenters. The van der Waals surface area contributed by atoms with E-state index < -0.39 is 0 Å². The van der Waals surface area contributed by atoms with Crippen molar-refractivity contribution in [2.75, 3.05) is 16.8 Å². The third-order valence-electron chi connectivity index (χ3n) is 2.91. The van der Waals surface area contributed by atoms with Crippen LogP contribution in [-0.2, 0) is 10.5 Å². The molecular weight excluding hydrogens is 334 g/mol. The maximum absolute atomic E-state index is 12.1. The average Bonchev–Trinajstić information content (AvgIpc) is 2.51. The summed E-state index contributed by atoms with van der Waals surface area (Å²) in [5, 5.41) is 3.73. The predicted octanol–water partition coefficient (Wildman–Crippen LogP) is 5.32. The number of halogens is 1. The average molecular weight is 352 g/mol. The zero-order chi connectivity index (χ0) is 15.8. The van der Waals surface area contributed by atoms with E-state index in [-0.39, 0.29) is 5.91 Å². The van der Waals surface area contributed by atoms with Crippen molar-refractivity contribution in [1.29, 1.82) is 0 Å². The molecule has 0 spiro atoms. The summed E-state index contributed by atoms with van der Waals surface area (Å²) >= 11 is 9.40. The van der Waals surface area contributed by atoms with Crippen LogP contribution >= 0.6 is 35.1 Å². The van der Waals surface area contributed by atoms with Gasteiger partial charge in [0.15, 0.2) is 0 Å². The number of rotatable bonds is 7. The van der Waals surface area contributed by atoms with Gasteiger partial charge in [0.2, 0.25) is 5.91 Å². The maximum Gasteiger partial charge on any atom is 0.234 e. The fourth-order valence-corrected chi connectivity index (χ4v) is 3.78. The molecule has 0 aliphatic carbocycles. The first-order valence-electron chi connectivity index (χ1n) is 7.03. The van der Waals surface area contributed by atoms with Gasteiger partial charge in [0.25, 0.3) is 0 Å². The molecule has 5 heteroatoms. The van der Waals surface area contributed by atoms with Crippen LogP contribution in [-0.4, -0.2) is 17.4 Å². The van der Waals surface area contributed by atoms with Crippen LogP contribution < -0.4 is 5.32 Å². The monoisotopic (exact) mass is 351 g/mol. The lowest BCUT2D eigenvalue weighted by Gasteiger charge is -2.10. The van der Waals surface area contributed by atoms with E-state index in [0.717, 1.165) is 32.7 Å². The summed E-state index contributed by atoms with van der Waals surface area (Å²) in [6.45, 7) is 2.10. The van der Waals surface area contributed by atoms with Crippen molar-refractivity contribution in [3.05, 3.63) is 59.1 Å². The number of anilines is 1. The first-order chi connectivity index (χ1) is 10.7. The summed E-state index contributed by atoms with van der Waals surface area (Å²) in [4.78, 5) is 13.2. The Labute approximate surface area is 145 Å². The molecule has 116 valence electrons. The van der Waals surface area contributed by atoms with Crippen molar-refractivity contribution >= 4 is 46.7 Å². The molecule has 1 amide bonds. The molecule has 2 rings (SSSR count). The Hall–Kier alpha value is -1.10. The van der Waals surface area contributed by atoms with Crippen molar-refractivity contribution < 1.29 is 4.79 Å². The molecule has 0 bridgehead atoms. The smallest absolute Gasteiger partial charge is 0.234 e. The third-order valence-corrected chi connectivity index (χ3v) is 5.22. The zero-order valence-corrected chi connectivity index (χ0v) is 14.7. The summed E-state index contributed by atoms with van der Waals surface area (Å²) in [5.41, 5.74) is 1.95. The van der Waals surface area contributed by atoms with Crippen LogP contribution in [0.3, 0.4) is 0 Å². The summed E-state index contributed by atoms with van der Waals surface area (Å²) in [5.74, 6) is 2.14. The van der Waals surface area contributed by atoms with Gasteiger partial charge in [-0.2, -0.15) is 0 Å². The number of thioether (sulfide) groups is 2. The fraction of sp³-hybridized carbons (Fsp3) is 0.235. The highest BCUT2D eigenvalue weighted by Gasteiger charge is 2.07. The summed E-state index contributed by atoms with van der Waals surface area (Å²) in [6.07, 6.45) is 0. The first kappa shape index (κ1) is 17.3. The molecule has 2 aromatic rings. The summed E-state index contributed by atoms with van der Waals surface area (Å²) in [6, 6.07) is 15.6. The second-order valence-electron chi connectivity index (χ2n) is 4.56. The van der Waals surface area contributed by atoms with Gasteiger partial charge in [-0.15, -0.1) is 23.5 Å². The van der Waals surface area contributed by atoms with E-state index in [2.05, 4.69) is 12.2 Å². The molecule has 0 fully saturated rings. The number of carbonyl (C=O) groups excluding carboxylic acids is 1. The molecule has 0 saturated carbocycles. The highest BCUT2D eigenvalue weighted by atomic mass is 35.5. The molecule has 0 unspecified atom stereocenters. The van der Waals surface area contributed by atoms with E-state index in [1.165, 1.54) is 0 Å². The molecule has 2 aromatic carbocycles. The van der Waals surface area contributed by atoms with Gasteiger partial charge in [0.05, 0.1) is 11.4 Å². The van der Waals surface area contributed by atoms with Crippen LogP contribution in [0.25, 0.3) is 0 Å². The normalized spacial score (nSPS) is 10.5. The Morgan fingerprint density at radius 2 is 1.86 bits per heavy atom. The molecule has 1 N–H and O–H groups in total. The van der Waals surface area contributed by atoms with Gasteiger partial charge in [0.1, 0.15) is 0 Å². The minimum absolute atomic E-state index is 0.0150. The zero-order valence-electron chi connectivity index (χ0n) is 12.3. The second kappa shape index (κ2) is 9.13. The van der Waals surface area contributed by atoms with Crippen molar-refractivity contribution in [1.82, 2.24) is 0 Å². The van der Waals surface area contributed by atoms with E-state index in [4.69, 9.17) is 11.6 Å². The Balaban J connectivity index is 1.85. The van der Waals surface area contributed by atoms with Crippen molar-refractivity contribution in [2.24, 2.45) is 0 Å². The van der Waals surface area contributed by atoms with E-state index >= 15 is 0 Å². The van der Waals surface area contributed by atoms with Gasteiger partial charge in [0, 0.05) is 15.7 Å². The van der Waals surface area contributed by atoms with Crippen LogP contribution in [0, 0.1) is 0 Å². The van der Waals surface area contributed by atoms with Gasteiger partial charge in [-0.05, 0) is 29.5 Å². The SMILES string of the molecule is CCSc1ccccc1NC(=O)CSCc1ccccc1Cl. The number of para-hydroxylation sites is 1. The molecule has 0 aromatic heterocycles. The van der Waals surface area contributed by atoms with Crippen LogP contribution in [0.15, 0.2) is 53.4 Å². The van der Waals surface area contributed by atoms with E-state index in [9.17, 15) is 4.79 Å². The van der Waals surface area contributed by atoms with Gasteiger partial charge in [-0.25, -0.2) is 0 Å². The Morgan fingerprint density at radius 3 is 2.64 bits per heavy atom. The van der Waals surface area contributed by atoms with E-state index in [1.54, 1.807) is 23.5 Å². The van der Waals surface area contributed by atoms with Gasteiger partial charge in [-0.3, -0.25) is 4.79 Å². The topological polar surface area (TPSA) is 29.1 Å².